The van der Waals surface area contributed by atoms with Gasteiger partial charge in [-0.25, -0.2) is 0 Å². The quantitative estimate of drug-likeness (QED) is 0.311. The van der Waals surface area contributed by atoms with Crippen molar-refractivity contribution in [2.24, 2.45) is 0 Å². The monoisotopic (exact) mass is 444 g/mol. The summed E-state index contributed by atoms with van der Waals surface area (Å²) in [4.78, 5) is 25.1. The van der Waals surface area contributed by atoms with Crippen LogP contribution in [0.3, 0.4) is 0 Å². The maximum Gasteiger partial charge on any atom is 0.273 e. The Morgan fingerprint density at radius 3 is 2.34 bits per heavy atom. The summed E-state index contributed by atoms with van der Waals surface area (Å²) in [5.41, 5.74) is 5.65. The molecule has 0 aliphatic heterocycles. The minimum Gasteiger partial charge on any atom is -0.508 e. The highest BCUT2D eigenvalue weighted by Gasteiger charge is 2.21. The summed E-state index contributed by atoms with van der Waals surface area (Å²) in [6.07, 6.45) is 2.14. The van der Waals surface area contributed by atoms with Crippen LogP contribution in [-0.4, -0.2) is 35.2 Å². The molecule has 2 aromatic rings. The molecule has 2 aromatic carbocycles. The van der Waals surface area contributed by atoms with Gasteiger partial charge in [0, 0.05) is 6.07 Å². The van der Waals surface area contributed by atoms with Gasteiger partial charge in [-0.2, -0.15) is 0 Å². The van der Waals surface area contributed by atoms with Gasteiger partial charge in [-0.05, 0) is 49.1 Å². The zero-order valence-corrected chi connectivity index (χ0v) is 18.8. The van der Waals surface area contributed by atoms with Gasteiger partial charge in [-0.1, -0.05) is 38.8 Å². The summed E-state index contributed by atoms with van der Waals surface area (Å²) in [7, 11) is 0. The summed E-state index contributed by atoms with van der Waals surface area (Å²) >= 11 is 0. The molecule has 32 heavy (non-hydrogen) atoms. The highest BCUT2D eigenvalue weighted by molar-refractivity contribution is 5.99. The second kappa shape index (κ2) is 12.6. The standard InChI is InChI=1S/C24H32N2O6/c1-4-6-11-31-19-13-16(3)21(20(15-19)32-12-7-5-2)23(29)25-26-24(30)22(28)17-9-8-10-18(27)14-17/h8-10,13-15,22,27-28H,4-7,11-12H2,1-3H3,(H,25,29)(H,26,30). The molecule has 0 fully saturated rings. The van der Waals surface area contributed by atoms with Crippen molar-refractivity contribution >= 4 is 11.8 Å². The van der Waals surface area contributed by atoms with E-state index in [9.17, 15) is 19.8 Å². The van der Waals surface area contributed by atoms with Crippen LogP contribution in [0.5, 0.6) is 17.2 Å². The molecule has 0 aromatic heterocycles. The number of nitrogens with one attached hydrogen (secondary N) is 2. The van der Waals surface area contributed by atoms with Gasteiger partial charge in [-0.3, -0.25) is 20.4 Å². The number of phenols is 1. The fourth-order valence-corrected chi connectivity index (χ4v) is 2.97. The molecule has 2 amide bonds. The molecule has 0 aliphatic rings. The molecular formula is C24H32N2O6. The number of unbranched alkanes of at least 4 members (excludes halogenated alkanes) is 2. The van der Waals surface area contributed by atoms with E-state index in [1.807, 2.05) is 6.92 Å². The van der Waals surface area contributed by atoms with Crippen LogP contribution >= 0.6 is 0 Å². The first-order valence-corrected chi connectivity index (χ1v) is 10.8. The summed E-state index contributed by atoms with van der Waals surface area (Å²) in [5.74, 6) is -0.517. The van der Waals surface area contributed by atoms with E-state index in [2.05, 4.69) is 17.8 Å². The number of aromatic hydroxyl groups is 1. The normalized spacial score (nSPS) is 11.5. The number of aryl methyl sites for hydroxylation is 1. The Morgan fingerprint density at radius 2 is 1.69 bits per heavy atom. The van der Waals surface area contributed by atoms with Crippen molar-refractivity contribution in [2.75, 3.05) is 13.2 Å². The lowest BCUT2D eigenvalue weighted by Gasteiger charge is -2.17. The zero-order valence-electron chi connectivity index (χ0n) is 18.8. The number of aliphatic hydroxyl groups is 1. The number of benzene rings is 2. The molecule has 0 heterocycles. The molecule has 1 atom stereocenters. The van der Waals surface area contributed by atoms with Gasteiger partial charge in [0.2, 0.25) is 0 Å². The second-order valence-corrected chi connectivity index (χ2v) is 7.46. The maximum atomic E-state index is 12.8. The van der Waals surface area contributed by atoms with Crippen molar-refractivity contribution in [2.45, 2.75) is 52.6 Å². The van der Waals surface area contributed by atoms with E-state index in [-0.39, 0.29) is 16.9 Å². The summed E-state index contributed by atoms with van der Waals surface area (Å²) in [6.45, 7) is 6.89. The van der Waals surface area contributed by atoms with Crippen molar-refractivity contribution in [3.05, 3.63) is 53.1 Å². The van der Waals surface area contributed by atoms with Gasteiger partial charge in [0.05, 0.1) is 18.8 Å². The van der Waals surface area contributed by atoms with Crippen LogP contribution in [0, 0.1) is 6.92 Å². The van der Waals surface area contributed by atoms with Gasteiger partial charge < -0.3 is 19.7 Å². The molecule has 0 saturated carbocycles. The number of carbonyl (C=O) groups excluding carboxylic acids is 2. The third-order valence-electron chi connectivity index (χ3n) is 4.76. The molecule has 4 N–H and O–H groups in total. The topological polar surface area (TPSA) is 117 Å². The Hall–Kier alpha value is -3.26. The van der Waals surface area contributed by atoms with Crippen LogP contribution in [0.1, 0.15) is 67.1 Å². The first-order chi connectivity index (χ1) is 15.4. The zero-order chi connectivity index (χ0) is 23.5. The third kappa shape index (κ3) is 7.16. The smallest absolute Gasteiger partial charge is 0.273 e. The highest BCUT2D eigenvalue weighted by Crippen LogP contribution is 2.29. The average molecular weight is 445 g/mol. The Balaban J connectivity index is 2.13. The Kier molecular flexibility index (Phi) is 9.81. The van der Waals surface area contributed by atoms with Crippen molar-refractivity contribution in [3.63, 3.8) is 0 Å². The van der Waals surface area contributed by atoms with E-state index >= 15 is 0 Å². The number of hydrazine groups is 1. The number of aliphatic hydroxyl groups excluding tert-OH is 1. The van der Waals surface area contributed by atoms with Gasteiger partial charge in [0.15, 0.2) is 6.10 Å². The minimum absolute atomic E-state index is 0.0795. The summed E-state index contributed by atoms with van der Waals surface area (Å²) in [5, 5.41) is 19.7. The number of hydrogen-bond donors (Lipinski definition) is 4. The summed E-state index contributed by atoms with van der Waals surface area (Å²) in [6, 6.07) is 9.12. The third-order valence-corrected chi connectivity index (χ3v) is 4.76. The molecule has 0 saturated heterocycles. The lowest BCUT2D eigenvalue weighted by atomic mass is 10.1. The molecule has 8 nitrogen and oxygen atoms in total. The van der Waals surface area contributed by atoms with Crippen molar-refractivity contribution < 1.29 is 29.3 Å². The summed E-state index contributed by atoms with van der Waals surface area (Å²) < 4.78 is 11.6. The number of amides is 2. The van der Waals surface area contributed by atoms with E-state index in [0.29, 0.717) is 30.3 Å². The van der Waals surface area contributed by atoms with Crippen LogP contribution < -0.4 is 20.3 Å². The Bertz CT molecular complexity index is 915. The largest absolute Gasteiger partial charge is 0.508 e. The van der Waals surface area contributed by atoms with Crippen molar-refractivity contribution in [1.82, 2.24) is 10.9 Å². The van der Waals surface area contributed by atoms with Crippen LogP contribution in [-0.2, 0) is 4.79 Å². The lowest BCUT2D eigenvalue weighted by Crippen LogP contribution is -2.44. The van der Waals surface area contributed by atoms with E-state index in [0.717, 1.165) is 25.7 Å². The highest BCUT2D eigenvalue weighted by atomic mass is 16.5. The fourth-order valence-electron chi connectivity index (χ4n) is 2.97. The van der Waals surface area contributed by atoms with Crippen LogP contribution in [0.4, 0.5) is 0 Å². The SMILES string of the molecule is CCCCOc1cc(C)c(C(=O)NNC(=O)C(O)c2cccc(O)c2)c(OCCCC)c1. The maximum absolute atomic E-state index is 12.8. The molecule has 174 valence electrons. The fraction of sp³-hybridized carbons (Fsp3) is 0.417. The van der Waals surface area contributed by atoms with Gasteiger partial charge in [0.1, 0.15) is 17.2 Å². The molecule has 0 bridgehead atoms. The predicted octanol–water partition coefficient (Wildman–Crippen LogP) is 3.55. The molecule has 0 spiro atoms. The number of phenolic OH excluding ortho intramolecular Hbond substituents is 1. The number of ether oxygens (including phenoxy) is 2. The van der Waals surface area contributed by atoms with Crippen LogP contribution in [0.2, 0.25) is 0 Å². The number of carbonyl (C=O) groups is 2. The minimum atomic E-state index is -1.56. The number of hydrogen-bond acceptors (Lipinski definition) is 6. The van der Waals surface area contributed by atoms with Gasteiger partial charge >= 0.3 is 0 Å². The van der Waals surface area contributed by atoms with Crippen molar-refractivity contribution in [3.8, 4) is 17.2 Å². The van der Waals surface area contributed by atoms with Gasteiger partial charge in [-0.15, -0.1) is 0 Å². The molecule has 0 radical (unpaired) electrons. The average Bonchev–Trinajstić information content (AvgIpc) is 2.77. The Labute approximate surface area is 188 Å². The number of rotatable bonds is 11. The molecule has 2 rings (SSSR count). The van der Waals surface area contributed by atoms with E-state index in [1.165, 1.54) is 24.3 Å². The molecule has 0 aliphatic carbocycles. The predicted molar refractivity (Wildman–Crippen MR) is 121 cm³/mol. The lowest BCUT2D eigenvalue weighted by molar-refractivity contribution is -0.130. The molecule has 1 unspecified atom stereocenters. The van der Waals surface area contributed by atoms with Gasteiger partial charge in [0.25, 0.3) is 11.8 Å². The van der Waals surface area contributed by atoms with Crippen molar-refractivity contribution in [1.29, 1.82) is 0 Å². The van der Waals surface area contributed by atoms with E-state index in [1.54, 1.807) is 19.1 Å². The van der Waals surface area contributed by atoms with Crippen LogP contribution in [0.25, 0.3) is 0 Å². The second-order valence-electron chi connectivity index (χ2n) is 7.46. The first kappa shape index (κ1) is 25.0. The van der Waals surface area contributed by atoms with Crippen LogP contribution in [0.15, 0.2) is 36.4 Å². The van der Waals surface area contributed by atoms with E-state index < -0.39 is 17.9 Å². The molecule has 8 heteroatoms. The Morgan fingerprint density at radius 1 is 1.00 bits per heavy atom. The van der Waals surface area contributed by atoms with E-state index in [4.69, 9.17) is 9.47 Å². The molecular weight excluding hydrogens is 412 g/mol. The first-order valence-electron chi connectivity index (χ1n) is 10.8.